The molecule has 1 saturated heterocycles. The van der Waals surface area contributed by atoms with Gasteiger partial charge >= 0.3 is 0 Å². The molecule has 2 heterocycles. The van der Waals surface area contributed by atoms with E-state index in [9.17, 15) is 4.79 Å². The van der Waals surface area contributed by atoms with Crippen LogP contribution in [0.2, 0.25) is 0 Å². The van der Waals surface area contributed by atoms with Crippen LogP contribution in [-0.4, -0.2) is 29.0 Å². The van der Waals surface area contributed by atoms with Crippen LogP contribution in [0, 0.1) is 5.92 Å². The number of hydrogen-bond acceptors (Lipinski definition) is 4. The van der Waals surface area contributed by atoms with Crippen LogP contribution in [0.1, 0.15) is 35.8 Å². The van der Waals surface area contributed by atoms with Crippen molar-refractivity contribution in [1.82, 2.24) is 15.3 Å². The molecule has 1 fully saturated rings. The molecule has 1 atom stereocenters. The molecule has 1 N–H and O–H groups in total. The summed E-state index contributed by atoms with van der Waals surface area (Å²) in [5, 5.41) is 2.87. The average molecular weight is 310 g/mol. The van der Waals surface area contributed by atoms with E-state index in [1.165, 1.54) is 12.8 Å². The molecular formula is C18H22N4O. The third-order valence-corrected chi connectivity index (χ3v) is 4.15. The van der Waals surface area contributed by atoms with E-state index >= 15 is 0 Å². The molecule has 0 spiro atoms. The molecule has 1 unspecified atom stereocenters. The van der Waals surface area contributed by atoms with Crippen LogP contribution in [0.4, 0.5) is 5.82 Å². The fourth-order valence-corrected chi connectivity index (χ4v) is 2.87. The van der Waals surface area contributed by atoms with E-state index in [4.69, 9.17) is 0 Å². The zero-order valence-corrected chi connectivity index (χ0v) is 13.4. The van der Waals surface area contributed by atoms with E-state index in [-0.39, 0.29) is 5.91 Å². The lowest BCUT2D eigenvalue weighted by molar-refractivity contribution is 0.0945. The van der Waals surface area contributed by atoms with Crippen LogP contribution in [0.15, 0.2) is 42.7 Å². The van der Waals surface area contributed by atoms with Gasteiger partial charge in [-0.05, 0) is 24.3 Å². The molecule has 120 valence electrons. The molecule has 0 aliphatic carbocycles. The molecule has 1 aromatic heterocycles. The highest BCUT2D eigenvalue weighted by Gasteiger charge is 2.18. The second-order valence-electron chi connectivity index (χ2n) is 6.12. The van der Waals surface area contributed by atoms with Crippen molar-refractivity contribution < 1.29 is 4.79 Å². The molecule has 2 aromatic rings. The average Bonchev–Trinajstić information content (AvgIpc) is 2.61. The summed E-state index contributed by atoms with van der Waals surface area (Å²) in [7, 11) is 0. The minimum Gasteiger partial charge on any atom is -0.355 e. The van der Waals surface area contributed by atoms with Gasteiger partial charge in [0, 0.05) is 19.6 Å². The van der Waals surface area contributed by atoms with Gasteiger partial charge in [0.05, 0.1) is 12.4 Å². The monoisotopic (exact) mass is 310 g/mol. The summed E-state index contributed by atoms with van der Waals surface area (Å²) in [6.45, 7) is 4.77. The number of amides is 1. The highest BCUT2D eigenvalue weighted by molar-refractivity contribution is 5.91. The topological polar surface area (TPSA) is 58.1 Å². The number of anilines is 1. The van der Waals surface area contributed by atoms with Crippen LogP contribution in [0.25, 0.3) is 0 Å². The minimum atomic E-state index is -0.195. The Morgan fingerprint density at radius 1 is 1.26 bits per heavy atom. The Morgan fingerprint density at radius 3 is 2.78 bits per heavy atom. The summed E-state index contributed by atoms with van der Waals surface area (Å²) >= 11 is 0. The summed E-state index contributed by atoms with van der Waals surface area (Å²) in [6, 6.07) is 9.82. The first-order chi connectivity index (χ1) is 11.2. The first-order valence-corrected chi connectivity index (χ1v) is 8.11. The summed E-state index contributed by atoms with van der Waals surface area (Å²) in [4.78, 5) is 23.1. The molecule has 3 rings (SSSR count). The van der Waals surface area contributed by atoms with E-state index in [0.29, 0.717) is 18.2 Å². The van der Waals surface area contributed by atoms with Gasteiger partial charge in [0.1, 0.15) is 11.5 Å². The maximum absolute atomic E-state index is 12.1. The first kappa shape index (κ1) is 15.5. The van der Waals surface area contributed by atoms with Crippen LogP contribution in [0.3, 0.4) is 0 Å². The quantitative estimate of drug-likeness (QED) is 0.943. The molecule has 0 saturated carbocycles. The summed E-state index contributed by atoms with van der Waals surface area (Å²) in [5.74, 6) is 1.34. The highest BCUT2D eigenvalue weighted by atomic mass is 16.1. The largest absolute Gasteiger partial charge is 0.355 e. The molecule has 5 heteroatoms. The van der Waals surface area contributed by atoms with Gasteiger partial charge < -0.3 is 10.2 Å². The zero-order valence-electron chi connectivity index (χ0n) is 13.4. The lowest BCUT2D eigenvalue weighted by Gasteiger charge is -2.31. The number of benzene rings is 1. The van der Waals surface area contributed by atoms with E-state index in [2.05, 4.69) is 27.1 Å². The van der Waals surface area contributed by atoms with E-state index < -0.39 is 0 Å². The van der Waals surface area contributed by atoms with Gasteiger partial charge in [0.2, 0.25) is 0 Å². The molecule has 23 heavy (non-hydrogen) atoms. The Morgan fingerprint density at radius 2 is 2.09 bits per heavy atom. The lowest BCUT2D eigenvalue weighted by atomic mass is 10.0. The Hall–Kier alpha value is -2.43. The van der Waals surface area contributed by atoms with Crippen LogP contribution in [0.5, 0.6) is 0 Å². The van der Waals surface area contributed by atoms with Crippen molar-refractivity contribution in [3.05, 3.63) is 54.0 Å². The van der Waals surface area contributed by atoms with E-state index in [0.717, 1.165) is 24.5 Å². The standard InChI is InChI=1S/C18H22N4O/c1-14-6-5-9-22(13-14)17-12-19-16(11-20-17)18(23)21-10-15-7-3-2-4-8-15/h2-4,7-8,11-12,14H,5-6,9-10,13H2,1H3,(H,21,23). The van der Waals surface area contributed by atoms with Gasteiger partial charge in [0.25, 0.3) is 5.91 Å². The predicted octanol–water partition coefficient (Wildman–Crippen LogP) is 2.64. The maximum atomic E-state index is 12.1. The van der Waals surface area contributed by atoms with Gasteiger partial charge in [-0.15, -0.1) is 0 Å². The van der Waals surface area contributed by atoms with Crippen LogP contribution < -0.4 is 10.2 Å². The molecule has 1 aliphatic heterocycles. The van der Waals surface area contributed by atoms with Crippen LogP contribution in [-0.2, 0) is 6.54 Å². The number of aromatic nitrogens is 2. The molecule has 0 bridgehead atoms. The Labute approximate surface area is 136 Å². The van der Waals surface area contributed by atoms with Crippen molar-refractivity contribution in [2.24, 2.45) is 5.92 Å². The predicted molar refractivity (Wildman–Crippen MR) is 90.3 cm³/mol. The second kappa shape index (κ2) is 7.22. The van der Waals surface area contributed by atoms with Crippen molar-refractivity contribution in [3.63, 3.8) is 0 Å². The van der Waals surface area contributed by atoms with E-state index in [1.807, 2.05) is 30.3 Å². The third-order valence-electron chi connectivity index (χ3n) is 4.15. The Bertz CT molecular complexity index is 642. The number of nitrogens with one attached hydrogen (secondary N) is 1. The van der Waals surface area contributed by atoms with Crippen molar-refractivity contribution >= 4 is 11.7 Å². The van der Waals surface area contributed by atoms with Gasteiger partial charge in [0.15, 0.2) is 0 Å². The summed E-state index contributed by atoms with van der Waals surface area (Å²) in [6.07, 6.45) is 5.72. The van der Waals surface area contributed by atoms with Gasteiger partial charge in [-0.1, -0.05) is 37.3 Å². The summed E-state index contributed by atoms with van der Waals surface area (Å²) in [5.41, 5.74) is 1.42. The molecule has 0 radical (unpaired) electrons. The Balaban J connectivity index is 1.59. The number of carbonyl (C=O) groups excluding carboxylic acids is 1. The van der Waals surface area contributed by atoms with Gasteiger partial charge in [-0.25, -0.2) is 9.97 Å². The third kappa shape index (κ3) is 4.06. The zero-order chi connectivity index (χ0) is 16.1. The minimum absolute atomic E-state index is 0.195. The van der Waals surface area contributed by atoms with Crippen molar-refractivity contribution in [2.45, 2.75) is 26.3 Å². The van der Waals surface area contributed by atoms with E-state index in [1.54, 1.807) is 12.4 Å². The van der Waals surface area contributed by atoms with Crippen LogP contribution >= 0.6 is 0 Å². The smallest absolute Gasteiger partial charge is 0.271 e. The first-order valence-electron chi connectivity index (χ1n) is 8.11. The highest BCUT2D eigenvalue weighted by Crippen LogP contribution is 2.20. The molecule has 1 amide bonds. The SMILES string of the molecule is CC1CCCN(c2cnc(C(=O)NCc3ccccc3)cn2)C1. The van der Waals surface area contributed by atoms with Crippen molar-refractivity contribution in [1.29, 1.82) is 0 Å². The molecule has 5 nitrogen and oxygen atoms in total. The molecule has 1 aliphatic rings. The normalized spacial score (nSPS) is 17.8. The number of carbonyl (C=O) groups is 1. The van der Waals surface area contributed by atoms with Crippen molar-refractivity contribution in [3.8, 4) is 0 Å². The fourth-order valence-electron chi connectivity index (χ4n) is 2.87. The lowest BCUT2D eigenvalue weighted by Crippen LogP contribution is -2.35. The van der Waals surface area contributed by atoms with Crippen molar-refractivity contribution in [2.75, 3.05) is 18.0 Å². The number of piperidine rings is 1. The number of hydrogen-bond donors (Lipinski definition) is 1. The molecular weight excluding hydrogens is 288 g/mol. The second-order valence-corrected chi connectivity index (χ2v) is 6.12. The summed E-state index contributed by atoms with van der Waals surface area (Å²) < 4.78 is 0. The number of rotatable bonds is 4. The Kier molecular flexibility index (Phi) is 4.86. The fraction of sp³-hybridized carbons (Fsp3) is 0.389. The maximum Gasteiger partial charge on any atom is 0.271 e. The number of nitrogens with zero attached hydrogens (tertiary/aromatic N) is 3. The van der Waals surface area contributed by atoms with Gasteiger partial charge in [-0.2, -0.15) is 0 Å². The van der Waals surface area contributed by atoms with Gasteiger partial charge in [-0.3, -0.25) is 4.79 Å². The molecule has 1 aromatic carbocycles.